The molecule has 0 saturated carbocycles. The van der Waals surface area contributed by atoms with E-state index in [1.54, 1.807) is 14.1 Å². The predicted octanol–water partition coefficient (Wildman–Crippen LogP) is 2.49. The molecular formula is C18H26FN3O2. The Hall–Kier alpha value is -1.95. The molecular weight excluding hydrogens is 309 g/mol. The van der Waals surface area contributed by atoms with Crippen LogP contribution in [0, 0.1) is 17.7 Å². The van der Waals surface area contributed by atoms with Gasteiger partial charge in [-0.15, -0.1) is 0 Å². The fourth-order valence-electron chi connectivity index (χ4n) is 3.09. The zero-order chi connectivity index (χ0) is 17.7. The lowest BCUT2D eigenvalue weighted by Gasteiger charge is -2.27. The van der Waals surface area contributed by atoms with Crippen molar-refractivity contribution in [1.29, 1.82) is 0 Å². The van der Waals surface area contributed by atoms with Gasteiger partial charge >= 0.3 is 0 Å². The standard InChI is InChI=1S/C18H26FN3O2/c1-12(13-6-8-20-9-7-13)10-17(23)21-14-4-5-16(19)15(11-14)18(24)22(2)3/h4-5,11-13,20H,6-10H2,1-3H3,(H,21,23). The number of carbonyl (C=O) groups is 2. The van der Waals surface area contributed by atoms with Crippen LogP contribution < -0.4 is 10.6 Å². The fraction of sp³-hybridized carbons (Fsp3) is 0.556. The van der Waals surface area contributed by atoms with Crippen LogP contribution in [0.15, 0.2) is 18.2 Å². The molecule has 0 spiro atoms. The van der Waals surface area contributed by atoms with Crippen molar-refractivity contribution in [1.82, 2.24) is 10.2 Å². The minimum absolute atomic E-state index is 0.0378. The summed E-state index contributed by atoms with van der Waals surface area (Å²) < 4.78 is 13.8. The predicted molar refractivity (Wildman–Crippen MR) is 92.4 cm³/mol. The number of hydrogen-bond donors (Lipinski definition) is 2. The third kappa shape index (κ3) is 4.77. The molecule has 1 unspecified atom stereocenters. The minimum Gasteiger partial charge on any atom is -0.345 e. The van der Waals surface area contributed by atoms with Crippen LogP contribution in [0.3, 0.4) is 0 Å². The molecule has 24 heavy (non-hydrogen) atoms. The number of amides is 2. The van der Waals surface area contributed by atoms with Gasteiger partial charge in [0.1, 0.15) is 5.82 Å². The lowest BCUT2D eigenvalue weighted by molar-refractivity contribution is -0.117. The molecule has 0 aliphatic carbocycles. The Morgan fingerprint density at radius 1 is 1.33 bits per heavy atom. The summed E-state index contributed by atoms with van der Waals surface area (Å²) >= 11 is 0. The maximum absolute atomic E-state index is 13.8. The van der Waals surface area contributed by atoms with Crippen LogP contribution in [0.1, 0.15) is 36.5 Å². The Balaban J connectivity index is 1.98. The van der Waals surface area contributed by atoms with Gasteiger partial charge in [0.25, 0.3) is 5.91 Å². The van der Waals surface area contributed by atoms with Crippen LogP contribution in [-0.4, -0.2) is 43.9 Å². The number of hydrogen-bond acceptors (Lipinski definition) is 3. The van der Waals surface area contributed by atoms with E-state index in [0.29, 0.717) is 23.9 Å². The van der Waals surface area contributed by atoms with Crippen molar-refractivity contribution in [2.75, 3.05) is 32.5 Å². The van der Waals surface area contributed by atoms with Gasteiger partial charge in [0, 0.05) is 26.2 Å². The normalized spacial score (nSPS) is 16.5. The monoisotopic (exact) mass is 335 g/mol. The Labute approximate surface area is 142 Å². The summed E-state index contributed by atoms with van der Waals surface area (Å²) in [7, 11) is 3.13. The second-order valence-corrected chi connectivity index (χ2v) is 6.71. The summed E-state index contributed by atoms with van der Waals surface area (Å²) in [5.74, 6) is -0.260. The Morgan fingerprint density at radius 2 is 2.00 bits per heavy atom. The van der Waals surface area contributed by atoms with Gasteiger partial charge in [0.2, 0.25) is 5.91 Å². The quantitative estimate of drug-likeness (QED) is 0.869. The van der Waals surface area contributed by atoms with Crippen molar-refractivity contribution in [2.24, 2.45) is 11.8 Å². The summed E-state index contributed by atoms with van der Waals surface area (Å²) in [6.45, 7) is 4.11. The molecule has 1 aromatic carbocycles. The number of halogens is 1. The number of rotatable bonds is 5. The van der Waals surface area contributed by atoms with E-state index < -0.39 is 11.7 Å². The number of benzene rings is 1. The van der Waals surface area contributed by atoms with Crippen LogP contribution >= 0.6 is 0 Å². The van der Waals surface area contributed by atoms with Crippen LogP contribution in [0.5, 0.6) is 0 Å². The molecule has 2 N–H and O–H groups in total. The molecule has 0 aromatic heterocycles. The molecule has 6 heteroatoms. The molecule has 1 aliphatic rings. The zero-order valence-corrected chi connectivity index (χ0v) is 14.6. The molecule has 1 atom stereocenters. The van der Waals surface area contributed by atoms with E-state index in [9.17, 15) is 14.0 Å². The van der Waals surface area contributed by atoms with Crippen LogP contribution in [0.2, 0.25) is 0 Å². The van der Waals surface area contributed by atoms with Crippen LogP contribution in [-0.2, 0) is 4.79 Å². The molecule has 2 rings (SSSR count). The highest BCUT2D eigenvalue weighted by Crippen LogP contribution is 2.25. The van der Waals surface area contributed by atoms with E-state index in [1.807, 2.05) is 0 Å². The molecule has 1 heterocycles. The summed E-state index contributed by atoms with van der Waals surface area (Å²) in [4.78, 5) is 25.5. The number of anilines is 1. The first-order valence-corrected chi connectivity index (χ1v) is 8.40. The van der Waals surface area contributed by atoms with Crippen molar-refractivity contribution in [3.63, 3.8) is 0 Å². The molecule has 0 bridgehead atoms. The van der Waals surface area contributed by atoms with Gasteiger partial charge in [-0.1, -0.05) is 6.92 Å². The van der Waals surface area contributed by atoms with E-state index in [4.69, 9.17) is 0 Å². The van der Waals surface area contributed by atoms with Gasteiger partial charge in [-0.3, -0.25) is 9.59 Å². The second kappa shape index (κ2) is 8.24. The first kappa shape index (κ1) is 18.4. The molecule has 132 valence electrons. The van der Waals surface area contributed by atoms with Crippen molar-refractivity contribution in [3.8, 4) is 0 Å². The largest absolute Gasteiger partial charge is 0.345 e. The lowest BCUT2D eigenvalue weighted by Crippen LogP contribution is -2.32. The third-order valence-electron chi connectivity index (χ3n) is 4.58. The maximum Gasteiger partial charge on any atom is 0.256 e. The molecule has 2 amide bonds. The summed E-state index contributed by atoms with van der Waals surface area (Å²) in [6, 6.07) is 4.09. The molecule has 0 radical (unpaired) electrons. The SMILES string of the molecule is CC(CC(=O)Nc1ccc(F)c(C(=O)N(C)C)c1)C1CCNCC1. The van der Waals surface area contributed by atoms with E-state index >= 15 is 0 Å². The van der Waals surface area contributed by atoms with Crippen molar-refractivity contribution in [3.05, 3.63) is 29.6 Å². The summed E-state index contributed by atoms with van der Waals surface area (Å²) in [6.07, 6.45) is 2.61. The highest BCUT2D eigenvalue weighted by atomic mass is 19.1. The zero-order valence-electron chi connectivity index (χ0n) is 14.6. The molecule has 5 nitrogen and oxygen atoms in total. The van der Waals surface area contributed by atoms with Gasteiger partial charge < -0.3 is 15.5 Å². The first-order chi connectivity index (χ1) is 11.4. The Kier molecular flexibility index (Phi) is 6.31. The number of carbonyl (C=O) groups excluding carboxylic acids is 2. The van der Waals surface area contributed by atoms with Crippen molar-refractivity contribution in [2.45, 2.75) is 26.2 Å². The van der Waals surface area contributed by atoms with E-state index in [2.05, 4.69) is 17.6 Å². The molecule has 1 aromatic rings. The van der Waals surface area contributed by atoms with Crippen LogP contribution in [0.4, 0.5) is 10.1 Å². The minimum atomic E-state index is -0.588. The average molecular weight is 335 g/mol. The van der Waals surface area contributed by atoms with Crippen LogP contribution in [0.25, 0.3) is 0 Å². The first-order valence-electron chi connectivity index (χ1n) is 8.40. The van der Waals surface area contributed by atoms with E-state index in [1.165, 1.54) is 23.1 Å². The fourth-order valence-corrected chi connectivity index (χ4v) is 3.09. The van der Waals surface area contributed by atoms with Gasteiger partial charge in [-0.2, -0.15) is 0 Å². The van der Waals surface area contributed by atoms with E-state index in [0.717, 1.165) is 25.9 Å². The Bertz CT molecular complexity index is 598. The number of nitrogens with one attached hydrogen (secondary N) is 2. The average Bonchev–Trinajstić information content (AvgIpc) is 2.56. The smallest absolute Gasteiger partial charge is 0.256 e. The van der Waals surface area contributed by atoms with E-state index in [-0.39, 0.29) is 11.5 Å². The third-order valence-corrected chi connectivity index (χ3v) is 4.58. The molecule has 1 aliphatic heterocycles. The van der Waals surface area contributed by atoms with Gasteiger partial charge in [-0.25, -0.2) is 4.39 Å². The summed E-state index contributed by atoms with van der Waals surface area (Å²) in [5.41, 5.74) is 0.410. The molecule has 1 fully saturated rings. The Morgan fingerprint density at radius 3 is 2.62 bits per heavy atom. The van der Waals surface area contributed by atoms with Crippen molar-refractivity contribution < 1.29 is 14.0 Å². The van der Waals surface area contributed by atoms with Crippen molar-refractivity contribution >= 4 is 17.5 Å². The number of nitrogens with zero attached hydrogens (tertiary/aromatic N) is 1. The van der Waals surface area contributed by atoms with Gasteiger partial charge in [-0.05, 0) is 56.0 Å². The highest BCUT2D eigenvalue weighted by Gasteiger charge is 2.22. The van der Waals surface area contributed by atoms with Gasteiger partial charge in [0.05, 0.1) is 5.56 Å². The lowest BCUT2D eigenvalue weighted by atomic mass is 9.84. The molecule has 1 saturated heterocycles. The maximum atomic E-state index is 13.8. The highest BCUT2D eigenvalue weighted by molar-refractivity contribution is 5.97. The summed E-state index contributed by atoms with van der Waals surface area (Å²) in [5, 5.41) is 6.10. The topological polar surface area (TPSA) is 61.4 Å². The second-order valence-electron chi connectivity index (χ2n) is 6.71. The number of piperidine rings is 1. The van der Waals surface area contributed by atoms with Gasteiger partial charge in [0.15, 0.2) is 0 Å².